The fourth-order valence-corrected chi connectivity index (χ4v) is 3.76. The van der Waals surface area contributed by atoms with E-state index in [4.69, 9.17) is 9.47 Å². The van der Waals surface area contributed by atoms with E-state index in [9.17, 15) is 29.3 Å². The molecule has 8 nitrogen and oxygen atoms in total. The predicted octanol–water partition coefficient (Wildman–Crippen LogP) is 1.86. The van der Waals surface area contributed by atoms with Crippen LogP contribution < -0.4 is 10.1 Å². The van der Waals surface area contributed by atoms with Crippen LogP contribution in [0.2, 0.25) is 0 Å². The van der Waals surface area contributed by atoms with Gasteiger partial charge in [0, 0.05) is 18.8 Å². The van der Waals surface area contributed by atoms with Crippen molar-refractivity contribution in [1.29, 1.82) is 0 Å². The maximum Gasteiger partial charge on any atom is 0.306 e. The highest BCUT2D eigenvalue weighted by Crippen LogP contribution is 2.31. The molecule has 1 aliphatic carbocycles. The Labute approximate surface area is 193 Å². The monoisotopic (exact) mass is 467 g/mol. The van der Waals surface area contributed by atoms with Crippen molar-refractivity contribution in [3.63, 3.8) is 0 Å². The largest absolute Gasteiger partial charge is 0.490 e. The van der Waals surface area contributed by atoms with Gasteiger partial charge in [-0.05, 0) is 57.4 Å². The molecule has 0 heterocycles. The maximum absolute atomic E-state index is 12.9. The van der Waals surface area contributed by atoms with E-state index in [2.05, 4.69) is 5.32 Å². The van der Waals surface area contributed by atoms with Crippen molar-refractivity contribution in [3.05, 3.63) is 42.2 Å². The molecule has 0 radical (unpaired) electrons. The van der Waals surface area contributed by atoms with Crippen LogP contribution in [0.3, 0.4) is 0 Å². The Hall–Kier alpha value is -2.49. The van der Waals surface area contributed by atoms with Gasteiger partial charge < -0.3 is 30.1 Å². The summed E-state index contributed by atoms with van der Waals surface area (Å²) in [5.74, 6) is -1.48. The first-order chi connectivity index (χ1) is 15.7. The number of esters is 1. The molecule has 33 heavy (non-hydrogen) atoms. The number of aliphatic hydroxyl groups excluding tert-OH is 3. The lowest BCUT2D eigenvalue weighted by atomic mass is 9.95. The number of ether oxygens (including phenoxy) is 2. The fourth-order valence-electron chi connectivity index (χ4n) is 3.76. The van der Waals surface area contributed by atoms with Crippen molar-refractivity contribution in [2.45, 2.75) is 76.4 Å². The lowest BCUT2D eigenvalue weighted by molar-refractivity contribution is -0.147. The molecule has 1 fully saturated rings. The van der Waals surface area contributed by atoms with Gasteiger partial charge in [0.05, 0.1) is 24.4 Å². The highest BCUT2D eigenvalue weighted by Gasteiger charge is 2.42. The summed E-state index contributed by atoms with van der Waals surface area (Å²) >= 11 is 0. The Kier molecular flexibility index (Phi) is 10.8. The van der Waals surface area contributed by atoms with E-state index >= 15 is 0 Å². The summed E-state index contributed by atoms with van der Waals surface area (Å²) in [6.45, 7) is 3.25. The second-order valence-electron chi connectivity index (χ2n) is 8.48. The third kappa shape index (κ3) is 9.11. The maximum atomic E-state index is 12.9. The van der Waals surface area contributed by atoms with Crippen LogP contribution in [-0.4, -0.2) is 64.3 Å². The van der Waals surface area contributed by atoms with Crippen molar-refractivity contribution < 1.29 is 38.8 Å². The van der Waals surface area contributed by atoms with Gasteiger partial charge in [-0.15, -0.1) is 0 Å². The third-order valence-corrected chi connectivity index (χ3v) is 5.40. The van der Waals surface area contributed by atoms with E-state index in [0.29, 0.717) is 25.0 Å². The molecule has 0 bridgehead atoms. The van der Waals surface area contributed by atoms with E-state index in [1.807, 2.05) is 12.2 Å². The molecule has 9 heteroatoms. The quantitative estimate of drug-likeness (QED) is 0.273. The Morgan fingerprint density at radius 3 is 2.48 bits per heavy atom. The second-order valence-corrected chi connectivity index (χ2v) is 8.48. The molecule has 1 amide bonds. The highest BCUT2D eigenvalue weighted by atomic mass is 19.1. The molecule has 1 aromatic rings. The Bertz CT molecular complexity index is 784. The highest BCUT2D eigenvalue weighted by molar-refractivity contribution is 5.81. The minimum absolute atomic E-state index is 0.128. The number of amides is 1. The first kappa shape index (κ1) is 26.8. The molecule has 4 N–H and O–H groups in total. The number of allylic oxidation sites excluding steroid dienone is 2. The molecular formula is C24H34FNO7. The van der Waals surface area contributed by atoms with Crippen molar-refractivity contribution in [3.8, 4) is 5.75 Å². The molecule has 1 aliphatic rings. The number of aliphatic hydroxyl groups is 3. The SMILES string of the molecule is CC(C)OC(=O)CC/C=C\CC[C@@H]1[C@@H](NC(=O)[C@H](O)COc2ccc(F)cc2)[C@H](O)C[C@@H]1O. The molecule has 184 valence electrons. The minimum Gasteiger partial charge on any atom is -0.490 e. The number of carbonyl (C=O) groups is 2. The average molecular weight is 468 g/mol. The summed E-state index contributed by atoms with van der Waals surface area (Å²) in [5.41, 5.74) is 0. The van der Waals surface area contributed by atoms with E-state index < -0.39 is 36.1 Å². The van der Waals surface area contributed by atoms with Crippen molar-refractivity contribution in [2.24, 2.45) is 5.92 Å². The summed E-state index contributed by atoms with van der Waals surface area (Å²) in [5, 5.41) is 33.3. The first-order valence-corrected chi connectivity index (χ1v) is 11.2. The molecule has 2 rings (SSSR count). The van der Waals surface area contributed by atoms with Gasteiger partial charge >= 0.3 is 5.97 Å². The van der Waals surface area contributed by atoms with Crippen LogP contribution in [0.4, 0.5) is 4.39 Å². The van der Waals surface area contributed by atoms with Gasteiger partial charge in [0.15, 0.2) is 6.10 Å². The molecule has 1 aromatic carbocycles. The molecule has 0 aliphatic heterocycles. The third-order valence-electron chi connectivity index (χ3n) is 5.40. The van der Waals surface area contributed by atoms with E-state index in [0.717, 1.165) is 0 Å². The fraction of sp³-hybridized carbons (Fsp3) is 0.583. The zero-order valence-electron chi connectivity index (χ0n) is 19.0. The molecule has 0 aromatic heterocycles. The van der Waals surface area contributed by atoms with Crippen LogP contribution in [0, 0.1) is 11.7 Å². The molecule has 5 atom stereocenters. The number of hydrogen-bond acceptors (Lipinski definition) is 7. The normalized spacial score (nSPS) is 23.6. The van der Waals surface area contributed by atoms with Crippen LogP contribution in [-0.2, 0) is 14.3 Å². The Morgan fingerprint density at radius 1 is 1.15 bits per heavy atom. The smallest absolute Gasteiger partial charge is 0.306 e. The van der Waals surface area contributed by atoms with Gasteiger partial charge in [0.2, 0.25) is 0 Å². The topological polar surface area (TPSA) is 125 Å². The molecule has 0 saturated heterocycles. The first-order valence-electron chi connectivity index (χ1n) is 11.2. The van der Waals surface area contributed by atoms with Crippen LogP contribution in [0.5, 0.6) is 5.75 Å². The van der Waals surface area contributed by atoms with Crippen LogP contribution in [0.25, 0.3) is 0 Å². The summed E-state index contributed by atoms with van der Waals surface area (Å²) in [4.78, 5) is 23.9. The summed E-state index contributed by atoms with van der Waals surface area (Å²) in [6, 6.07) is 4.47. The van der Waals surface area contributed by atoms with Crippen LogP contribution >= 0.6 is 0 Å². The number of carbonyl (C=O) groups excluding carboxylic acids is 2. The number of benzene rings is 1. The number of hydrogen-bond donors (Lipinski definition) is 4. The van der Waals surface area contributed by atoms with Gasteiger partial charge in [-0.1, -0.05) is 12.2 Å². The second kappa shape index (κ2) is 13.3. The molecule has 1 saturated carbocycles. The van der Waals surface area contributed by atoms with E-state index in [1.165, 1.54) is 24.3 Å². The van der Waals surface area contributed by atoms with E-state index in [1.54, 1.807) is 13.8 Å². The van der Waals surface area contributed by atoms with Gasteiger partial charge in [-0.2, -0.15) is 0 Å². The lowest BCUT2D eigenvalue weighted by Crippen LogP contribution is -2.49. The lowest BCUT2D eigenvalue weighted by Gasteiger charge is -2.25. The average Bonchev–Trinajstić information content (AvgIpc) is 3.01. The summed E-state index contributed by atoms with van der Waals surface area (Å²) in [6.07, 6.45) is 2.47. The standard InChI is InChI=1S/C24H34FNO7/c1-15(2)33-22(30)8-6-4-3-5-7-18-19(27)13-20(28)23(18)26-24(31)21(29)14-32-17-11-9-16(25)10-12-17/h3-4,9-12,15,18-21,23,27-29H,5-8,13-14H2,1-2H3,(H,26,31)/b4-3-/t18-,19-,20+,21+,23+/m0/s1. The van der Waals surface area contributed by atoms with Crippen molar-refractivity contribution in [2.75, 3.05) is 6.61 Å². The molecule has 0 unspecified atom stereocenters. The molecule has 0 spiro atoms. The van der Waals surface area contributed by atoms with E-state index in [-0.39, 0.29) is 37.4 Å². The minimum atomic E-state index is -1.49. The zero-order chi connectivity index (χ0) is 24.4. The number of halogens is 1. The molecular weight excluding hydrogens is 433 g/mol. The van der Waals surface area contributed by atoms with Gasteiger partial charge in [-0.25, -0.2) is 4.39 Å². The van der Waals surface area contributed by atoms with Crippen molar-refractivity contribution in [1.82, 2.24) is 5.32 Å². The summed E-state index contributed by atoms with van der Waals surface area (Å²) < 4.78 is 23.3. The number of nitrogens with one attached hydrogen (secondary N) is 1. The Balaban J connectivity index is 1.78. The van der Waals surface area contributed by atoms with Gasteiger partial charge in [0.1, 0.15) is 18.2 Å². The van der Waals surface area contributed by atoms with Gasteiger partial charge in [0.25, 0.3) is 5.91 Å². The van der Waals surface area contributed by atoms with Gasteiger partial charge in [-0.3, -0.25) is 9.59 Å². The van der Waals surface area contributed by atoms with Crippen molar-refractivity contribution >= 4 is 11.9 Å². The van der Waals surface area contributed by atoms with Crippen LogP contribution in [0.15, 0.2) is 36.4 Å². The van der Waals surface area contributed by atoms with Crippen LogP contribution in [0.1, 0.15) is 46.0 Å². The zero-order valence-corrected chi connectivity index (χ0v) is 19.0. The Morgan fingerprint density at radius 2 is 1.82 bits per heavy atom. The predicted molar refractivity (Wildman–Crippen MR) is 119 cm³/mol. The number of rotatable bonds is 12. The summed E-state index contributed by atoms with van der Waals surface area (Å²) in [7, 11) is 0.